The van der Waals surface area contributed by atoms with Crippen LogP contribution in [0.25, 0.3) is 11.0 Å². The van der Waals surface area contributed by atoms with Gasteiger partial charge in [-0.3, -0.25) is 9.52 Å². The molecule has 0 unspecified atom stereocenters. The fraction of sp³-hybridized carbons (Fsp3) is 0. The van der Waals surface area contributed by atoms with Gasteiger partial charge >= 0.3 is 0 Å². The van der Waals surface area contributed by atoms with Crippen molar-refractivity contribution < 1.29 is 4.79 Å². The van der Waals surface area contributed by atoms with Gasteiger partial charge < -0.3 is 0 Å². The smallest absolute Gasteiger partial charge is 0.262 e. The molecule has 2 heterocycles. The third kappa shape index (κ3) is 1.51. The average molecular weight is 206 g/mol. The Labute approximate surface area is 85.1 Å². The Morgan fingerprint density at radius 2 is 2.21 bits per heavy atom. The zero-order chi connectivity index (χ0) is 9.97. The van der Waals surface area contributed by atoms with Crippen LogP contribution in [0.5, 0.6) is 0 Å². The lowest BCUT2D eigenvalue weighted by Gasteiger charge is -1.99. The normalized spacial score (nSPS) is 10.1. The molecule has 5 nitrogen and oxygen atoms in total. The van der Waals surface area contributed by atoms with Crippen LogP contribution in [0.2, 0.25) is 0 Å². The molecule has 0 saturated carbocycles. The Kier molecular flexibility index (Phi) is 2.28. The molecule has 0 aliphatic rings. The third-order valence-electron chi connectivity index (χ3n) is 1.72. The van der Waals surface area contributed by atoms with Gasteiger partial charge in [-0.2, -0.15) is 0 Å². The van der Waals surface area contributed by atoms with E-state index >= 15 is 0 Å². The third-order valence-corrected chi connectivity index (χ3v) is 1.92. The molecule has 0 aliphatic heterocycles. The van der Waals surface area contributed by atoms with Crippen LogP contribution >= 0.6 is 12.8 Å². The van der Waals surface area contributed by atoms with Gasteiger partial charge in [0.1, 0.15) is 6.33 Å². The number of pyridine rings is 1. The number of thiol groups is 1. The highest BCUT2D eigenvalue weighted by Crippen LogP contribution is 2.08. The minimum absolute atomic E-state index is 0.299. The molecule has 1 N–H and O–H groups in total. The second-order valence-corrected chi connectivity index (χ2v) is 2.82. The number of fused-ring (bicyclic) bond motifs is 1. The summed E-state index contributed by atoms with van der Waals surface area (Å²) in [5.41, 5.74) is 0.998. The van der Waals surface area contributed by atoms with Crippen molar-refractivity contribution in [3.8, 4) is 0 Å². The van der Waals surface area contributed by atoms with E-state index in [0.29, 0.717) is 11.2 Å². The number of aromatic nitrogens is 3. The lowest BCUT2D eigenvalue weighted by atomic mass is 10.2. The summed E-state index contributed by atoms with van der Waals surface area (Å²) in [5.74, 6) is -0.299. The monoisotopic (exact) mass is 206 g/mol. The van der Waals surface area contributed by atoms with Gasteiger partial charge in [-0.1, -0.05) is 12.8 Å². The zero-order valence-corrected chi connectivity index (χ0v) is 7.90. The van der Waals surface area contributed by atoms with Crippen molar-refractivity contribution in [3.63, 3.8) is 0 Å². The van der Waals surface area contributed by atoms with Gasteiger partial charge in [0.05, 0.1) is 5.56 Å². The van der Waals surface area contributed by atoms with E-state index in [9.17, 15) is 4.79 Å². The standard InChI is InChI=1S/C8H6N4OS/c13-8(12-14)6-1-5-2-9-4-11-7(5)10-3-6/h1-4,14H,(H,12,13). The minimum atomic E-state index is -0.299. The number of nitrogens with zero attached hydrogens (tertiary/aromatic N) is 3. The van der Waals surface area contributed by atoms with E-state index in [1.54, 1.807) is 12.3 Å². The van der Waals surface area contributed by atoms with Crippen LogP contribution in [-0.4, -0.2) is 20.9 Å². The van der Waals surface area contributed by atoms with Crippen LogP contribution in [0, 0.1) is 0 Å². The molecule has 0 bridgehead atoms. The van der Waals surface area contributed by atoms with E-state index in [2.05, 4.69) is 32.5 Å². The molecule has 0 atom stereocenters. The number of nitrogens with one attached hydrogen (secondary N) is 1. The Balaban J connectivity index is 2.56. The molecular formula is C8H6N4OS. The zero-order valence-electron chi connectivity index (χ0n) is 7.01. The Bertz CT molecular complexity index is 487. The Morgan fingerprint density at radius 3 is 3.00 bits per heavy atom. The van der Waals surface area contributed by atoms with Crippen LogP contribution in [0.15, 0.2) is 24.8 Å². The maximum Gasteiger partial charge on any atom is 0.262 e. The first kappa shape index (κ1) is 8.89. The lowest BCUT2D eigenvalue weighted by molar-refractivity contribution is 0.0985. The minimum Gasteiger partial charge on any atom is -0.299 e. The molecule has 0 radical (unpaired) electrons. The van der Waals surface area contributed by atoms with E-state index in [1.807, 2.05) is 0 Å². The molecule has 0 spiro atoms. The predicted molar refractivity (Wildman–Crippen MR) is 53.8 cm³/mol. The van der Waals surface area contributed by atoms with Crippen LogP contribution in [0.1, 0.15) is 10.4 Å². The van der Waals surface area contributed by atoms with E-state index in [4.69, 9.17) is 0 Å². The quantitative estimate of drug-likeness (QED) is 0.670. The van der Waals surface area contributed by atoms with Crippen molar-refractivity contribution in [2.75, 3.05) is 0 Å². The summed E-state index contributed by atoms with van der Waals surface area (Å²) in [7, 11) is 0. The van der Waals surface area contributed by atoms with Gasteiger partial charge in [0.2, 0.25) is 0 Å². The van der Waals surface area contributed by atoms with Gasteiger partial charge in [0.15, 0.2) is 5.65 Å². The molecule has 2 aromatic heterocycles. The molecule has 6 heteroatoms. The van der Waals surface area contributed by atoms with Crippen molar-refractivity contribution in [2.24, 2.45) is 0 Å². The van der Waals surface area contributed by atoms with Crippen molar-refractivity contribution >= 4 is 29.8 Å². The average Bonchev–Trinajstić information content (AvgIpc) is 2.27. The first-order valence-corrected chi connectivity index (χ1v) is 4.26. The first-order chi connectivity index (χ1) is 6.81. The SMILES string of the molecule is O=C(NS)c1cnc2ncncc2c1. The number of rotatable bonds is 1. The van der Waals surface area contributed by atoms with Crippen LogP contribution in [0.4, 0.5) is 0 Å². The van der Waals surface area contributed by atoms with E-state index in [0.717, 1.165) is 5.39 Å². The van der Waals surface area contributed by atoms with Gasteiger partial charge in [-0.05, 0) is 6.07 Å². The molecule has 70 valence electrons. The fourth-order valence-electron chi connectivity index (χ4n) is 1.07. The van der Waals surface area contributed by atoms with Crippen LogP contribution in [0.3, 0.4) is 0 Å². The maximum atomic E-state index is 11.2. The predicted octanol–water partition coefficient (Wildman–Crippen LogP) is 0.599. The van der Waals surface area contributed by atoms with E-state index < -0.39 is 0 Å². The molecule has 2 aromatic rings. The molecule has 0 saturated heterocycles. The van der Waals surface area contributed by atoms with Crippen molar-refractivity contribution in [1.82, 2.24) is 19.7 Å². The number of carbonyl (C=O) groups is 1. The molecule has 0 fully saturated rings. The Morgan fingerprint density at radius 1 is 1.36 bits per heavy atom. The second kappa shape index (κ2) is 3.59. The summed E-state index contributed by atoms with van der Waals surface area (Å²) < 4.78 is 2.22. The molecular weight excluding hydrogens is 200 g/mol. The molecule has 14 heavy (non-hydrogen) atoms. The molecule has 2 rings (SSSR count). The highest BCUT2D eigenvalue weighted by Gasteiger charge is 2.05. The summed E-state index contributed by atoms with van der Waals surface area (Å²) in [5, 5.41) is 0.724. The van der Waals surface area contributed by atoms with E-state index in [-0.39, 0.29) is 5.91 Å². The van der Waals surface area contributed by atoms with Gasteiger partial charge in [0, 0.05) is 17.8 Å². The Hall–Kier alpha value is -1.69. The fourth-order valence-corrected chi connectivity index (χ4v) is 1.20. The van der Waals surface area contributed by atoms with Crippen molar-refractivity contribution in [2.45, 2.75) is 0 Å². The van der Waals surface area contributed by atoms with Gasteiger partial charge in [-0.15, -0.1) is 0 Å². The largest absolute Gasteiger partial charge is 0.299 e. The lowest BCUT2D eigenvalue weighted by Crippen LogP contribution is -2.12. The summed E-state index contributed by atoms with van der Waals surface area (Å²) in [6.45, 7) is 0. The molecule has 0 aliphatic carbocycles. The van der Waals surface area contributed by atoms with Gasteiger partial charge in [0.25, 0.3) is 5.91 Å². The van der Waals surface area contributed by atoms with Crippen molar-refractivity contribution in [1.29, 1.82) is 0 Å². The number of hydrogen-bond donors (Lipinski definition) is 2. The van der Waals surface area contributed by atoms with Crippen LogP contribution in [-0.2, 0) is 0 Å². The van der Waals surface area contributed by atoms with E-state index in [1.165, 1.54) is 12.5 Å². The summed E-state index contributed by atoms with van der Waals surface area (Å²) in [6, 6.07) is 1.66. The highest BCUT2D eigenvalue weighted by molar-refractivity contribution is 7.78. The summed E-state index contributed by atoms with van der Waals surface area (Å²) >= 11 is 3.66. The molecule has 0 aromatic carbocycles. The van der Waals surface area contributed by atoms with Gasteiger partial charge in [-0.25, -0.2) is 15.0 Å². The number of amides is 1. The highest BCUT2D eigenvalue weighted by atomic mass is 32.1. The second-order valence-electron chi connectivity index (χ2n) is 2.60. The number of carbonyl (C=O) groups excluding carboxylic acids is 1. The maximum absolute atomic E-state index is 11.2. The topological polar surface area (TPSA) is 67.8 Å². The van der Waals surface area contributed by atoms with Crippen molar-refractivity contribution in [3.05, 3.63) is 30.4 Å². The summed E-state index contributed by atoms with van der Waals surface area (Å²) in [4.78, 5) is 23.0. The first-order valence-electron chi connectivity index (χ1n) is 3.81. The van der Waals surface area contributed by atoms with Crippen LogP contribution < -0.4 is 4.72 Å². The summed E-state index contributed by atoms with van der Waals surface area (Å²) in [6.07, 6.45) is 4.46. The molecule has 1 amide bonds. The number of hydrogen-bond acceptors (Lipinski definition) is 5.